The predicted octanol–water partition coefficient (Wildman–Crippen LogP) is 13.9. The zero-order chi connectivity index (χ0) is 32.3. The van der Waals surface area contributed by atoms with E-state index < -0.39 is 0 Å². The van der Waals surface area contributed by atoms with Gasteiger partial charge in [-0.25, -0.2) is 0 Å². The van der Waals surface area contributed by atoms with E-state index in [1.807, 2.05) is 17.4 Å². The van der Waals surface area contributed by atoms with Gasteiger partial charge in [0.15, 0.2) is 0 Å². The molecule has 0 spiro atoms. The summed E-state index contributed by atoms with van der Waals surface area (Å²) in [5, 5.41) is 7.19. The van der Waals surface area contributed by atoms with Crippen molar-refractivity contribution in [2.24, 2.45) is 0 Å². The Morgan fingerprint density at radius 1 is 0.449 bits per heavy atom. The van der Waals surface area contributed by atoms with Crippen molar-refractivity contribution in [2.45, 2.75) is 0 Å². The molecule has 0 amide bonds. The van der Waals surface area contributed by atoms with Crippen LogP contribution in [0.5, 0.6) is 0 Å². The molecule has 2 aromatic heterocycles. The Morgan fingerprint density at radius 3 is 1.92 bits per heavy atom. The molecule has 8 aromatic carbocycles. The Bertz CT molecular complexity index is 2830. The van der Waals surface area contributed by atoms with E-state index in [2.05, 4.69) is 175 Å². The molecular weight excluding hydrogens is 615 g/mol. The third kappa shape index (κ3) is 4.47. The zero-order valence-electron chi connectivity index (χ0n) is 26.5. The van der Waals surface area contributed by atoms with E-state index >= 15 is 0 Å². The van der Waals surface area contributed by atoms with Crippen LogP contribution >= 0.6 is 11.3 Å². The first-order valence-electron chi connectivity index (χ1n) is 16.6. The maximum atomic E-state index is 6.48. The van der Waals surface area contributed by atoms with Gasteiger partial charge in [-0.05, 0) is 70.1 Å². The van der Waals surface area contributed by atoms with E-state index in [0.29, 0.717) is 0 Å². The summed E-state index contributed by atoms with van der Waals surface area (Å²) >= 11 is 1.87. The van der Waals surface area contributed by atoms with Gasteiger partial charge in [-0.3, -0.25) is 0 Å². The Balaban J connectivity index is 1.36. The van der Waals surface area contributed by atoms with Crippen LogP contribution in [0.1, 0.15) is 0 Å². The summed E-state index contributed by atoms with van der Waals surface area (Å²) in [6.45, 7) is 0. The maximum absolute atomic E-state index is 6.48. The van der Waals surface area contributed by atoms with E-state index in [9.17, 15) is 0 Å². The first-order valence-corrected chi connectivity index (χ1v) is 17.4. The molecule has 0 unspecified atom stereocenters. The van der Waals surface area contributed by atoms with Gasteiger partial charge in [0, 0.05) is 31.9 Å². The molecule has 0 fully saturated rings. The number of para-hydroxylation sites is 1. The van der Waals surface area contributed by atoms with Crippen LogP contribution in [0.3, 0.4) is 0 Å². The fourth-order valence-electron chi connectivity index (χ4n) is 7.45. The summed E-state index contributed by atoms with van der Waals surface area (Å²) in [6, 6.07) is 63.2. The van der Waals surface area contributed by atoms with E-state index in [1.165, 1.54) is 58.9 Å². The van der Waals surface area contributed by atoms with E-state index in [4.69, 9.17) is 4.42 Å². The number of benzene rings is 8. The number of nitrogens with zero attached hydrogens (tertiary/aromatic N) is 1. The lowest BCUT2D eigenvalue weighted by Crippen LogP contribution is -2.11. The second kappa shape index (κ2) is 11.2. The molecule has 3 heteroatoms. The highest BCUT2D eigenvalue weighted by molar-refractivity contribution is 7.26. The summed E-state index contributed by atoms with van der Waals surface area (Å²) in [6.07, 6.45) is 0. The fraction of sp³-hybridized carbons (Fsp3) is 0. The SMILES string of the molecule is c1ccc(-c2ccc(N(c3c4ccccc4cc4c3sc3ccccc34)c3cccc4oc5ccccc5c34)cc2-c2ccccc2)cc1. The summed E-state index contributed by atoms with van der Waals surface area (Å²) in [7, 11) is 0. The molecule has 10 rings (SSSR count). The standard InChI is InChI=1S/C46H29NOS/c1-3-14-30(15-4-1)34-27-26-33(29-38(34)31-16-5-2-6-17-31)47(40-22-13-24-42-44(40)37-21-9-11-23-41(37)48-42)45-35-19-8-7-18-32(35)28-39-36-20-10-12-25-43(36)49-46(39)45/h1-29H. The van der Waals surface area contributed by atoms with Gasteiger partial charge in [-0.1, -0.05) is 133 Å². The van der Waals surface area contributed by atoms with Crippen LogP contribution in [0.25, 0.3) is 75.1 Å². The number of rotatable bonds is 5. The average Bonchev–Trinajstić information content (AvgIpc) is 3.74. The van der Waals surface area contributed by atoms with Crippen molar-refractivity contribution < 1.29 is 4.42 Å². The molecule has 0 aliphatic carbocycles. The minimum atomic E-state index is 0.876. The van der Waals surface area contributed by atoms with E-state index in [1.54, 1.807) is 0 Å². The zero-order valence-corrected chi connectivity index (χ0v) is 27.3. The number of hydrogen-bond donors (Lipinski definition) is 0. The number of anilines is 3. The smallest absolute Gasteiger partial charge is 0.137 e. The predicted molar refractivity (Wildman–Crippen MR) is 210 cm³/mol. The van der Waals surface area contributed by atoms with E-state index in [0.717, 1.165) is 33.3 Å². The van der Waals surface area contributed by atoms with Gasteiger partial charge in [-0.2, -0.15) is 0 Å². The molecule has 0 aliphatic heterocycles. The van der Waals surface area contributed by atoms with Crippen LogP contribution in [-0.2, 0) is 0 Å². The van der Waals surface area contributed by atoms with Crippen molar-refractivity contribution >= 4 is 81.3 Å². The Labute approximate surface area is 287 Å². The highest BCUT2D eigenvalue weighted by atomic mass is 32.1. The van der Waals surface area contributed by atoms with Crippen molar-refractivity contribution in [1.29, 1.82) is 0 Å². The third-order valence-corrected chi connectivity index (χ3v) is 10.8. The number of fused-ring (bicyclic) bond motifs is 7. The second-order valence-corrected chi connectivity index (χ2v) is 13.5. The van der Waals surface area contributed by atoms with Gasteiger partial charge in [0.05, 0.1) is 21.5 Å². The molecule has 2 heterocycles. The summed E-state index contributed by atoms with van der Waals surface area (Å²) in [5.41, 5.74) is 9.88. The van der Waals surface area contributed by atoms with Crippen LogP contribution in [0.2, 0.25) is 0 Å². The molecule has 0 bridgehead atoms. The lowest BCUT2D eigenvalue weighted by Gasteiger charge is -2.29. The molecule has 0 N–H and O–H groups in total. The van der Waals surface area contributed by atoms with Crippen molar-refractivity contribution in [2.75, 3.05) is 4.90 Å². The quantitative estimate of drug-likeness (QED) is 0.186. The molecular formula is C46H29NOS. The van der Waals surface area contributed by atoms with Crippen molar-refractivity contribution in [3.8, 4) is 22.3 Å². The normalized spacial score (nSPS) is 11.7. The topological polar surface area (TPSA) is 16.4 Å². The van der Waals surface area contributed by atoms with Crippen molar-refractivity contribution in [3.05, 3.63) is 176 Å². The first kappa shape index (κ1) is 27.9. The molecule has 0 radical (unpaired) electrons. The highest BCUT2D eigenvalue weighted by Crippen LogP contribution is 2.51. The minimum Gasteiger partial charge on any atom is -0.456 e. The first-order chi connectivity index (χ1) is 24.3. The van der Waals surface area contributed by atoms with Gasteiger partial charge < -0.3 is 9.32 Å². The van der Waals surface area contributed by atoms with Crippen LogP contribution in [-0.4, -0.2) is 0 Å². The molecule has 0 atom stereocenters. The summed E-state index contributed by atoms with van der Waals surface area (Å²) in [5.74, 6) is 0. The lowest BCUT2D eigenvalue weighted by atomic mass is 9.93. The van der Waals surface area contributed by atoms with Crippen LogP contribution in [0.15, 0.2) is 180 Å². The van der Waals surface area contributed by atoms with Crippen LogP contribution in [0, 0.1) is 0 Å². The molecule has 49 heavy (non-hydrogen) atoms. The highest BCUT2D eigenvalue weighted by Gasteiger charge is 2.25. The van der Waals surface area contributed by atoms with Crippen molar-refractivity contribution in [1.82, 2.24) is 0 Å². The number of furan rings is 1. The Hall–Kier alpha value is -6.16. The number of thiophene rings is 1. The van der Waals surface area contributed by atoms with Crippen molar-refractivity contribution in [3.63, 3.8) is 0 Å². The largest absolute Gasteiger partial charge is 0.456 e. The Morgan fingerprint density at radius 2 is 1.10 bits per heavy atom. The third-order valence-electron chi connectivity index (χ3n) is 9.64. The lowest BCUT2D eigenvalue weighted by molar-refractivity contribution is 0.669. The maximum Gasteiger partial charge on any atom is 0.137 e. The fourth-order valence-corrected chi connectivity index (χ4v) is 8.68. The van der Waals surface area contributed by atoms with E-state index in [-0.39, 0.29) is 0 Å². The molecule has 10 aromatic rings. The van der Waals surface area contributed by atoms with Gasteiger partial charge in [0.2, 0.25) is 0 Å². The van der Waals surface area contributed by atoms with Gasteiger partial charge in [0.25, 0.3) is 0 Å². The summed E-state index contributed by atoms with van der Waals surface area (Å²) < 4.78 is 9.03. The van der Waals surface area contributed by atoms with Crippen LogP contribution < -0.4 is 4.90 Å². The number of hydrogen-bond acceptors (Lipinski definition) is 3. The molecule has 2 nitrogen and oxygen atoms in total. The van der Waals surface area contributed by atoms with Crippen LogP contribution in [0.4, 0.5) is 17.1 Å². The average molecular weight is 644 g/mol. The minimum absolute atomic E-state index is 0.876. The monoisotopic (exact) mass is 643 g/mol. The molecule has 0 aliphatic rings. The molecule has 0 saturated heterocycles. The Kier molecular flexibility index (Phi) is 6.39. The van der Waals surface area contributed by atoms with Gasteiger partial charge in [0.1, 0.15) is 11.2 Å². The molecule has 0 saturated carbocycles. The van der Waals surface area contributed by atoms with Gasteiger partial charge in [-0.15, -0.1) is 11.3 Å². The van der Waals surface area contributed by atoms with Gasteiger partial charge >= 0.3 is 0 Å². The molecule has 230 valence electrons. The summed E-state index contributed by atoms with van der Waals surface area (Å²) in [4.78, 5) is 2.49. The second-order valence-electron chi connectivity index (χ2n) is 12.5.